The number of carbonyl (C=O) groups is 1. The molecule has 1 amide bonds. The molecule has 0 spiro atoms. The van der Waals surface area contributed by atoms with Gasteiger partial charge in [0.25, 0.3) is 0 Å². The highest BCUT2D eigenvalue weighted by atomic mass is 16.5. The number of nitrogens with zero attached hydrogens (tertiary/aromatic N) is 1. The van der Waals surface area contributed by atoms with E-state index in [0.717, 1.165) is 19.4 Å². The second-order valence-electron chi connectivity index (χ2n) is 3.91. The maximum Gasteiger partial charge on any atom is 0.222 e. The predicted molar refractivity (Wildman–Crippen MR) is 51.4 cm³/mol. The summed E-state index contributed by atoms with van der Waals surface area (Å²) < 4.78 is 5.43. The van der Waals surface area contributed by atoms with Gasteiger partial charge in [-0.2, -0.15) is 0 Å². The highest BCUT2D eigenvalue weighted by molar-refractivity contribution is 5.75. The Morgan fingerprint density at radius 3 is 2.54 bits per heavy atom. The average molecular weight is 185 g/mol. The number of hydrogen-bond donors (Lipinski definition) is 0. The summed E-state index contributed by atoms with van der Waals surface area (Å²) in [4.78, 5) is 13.0. The van der Waals surface area contributed by atoms with Crippen molar-refractivity contribution >= 4 is 5.91 Å². The Morgan fingerprint density at radius 1 is 1.46 bits per heavy atom. The fourth-order valence-electron chi connectivity index (χ4n) is 1.64. The van der Waals surface area contributed by atoms with Gasteiger partial charge in [-0.15, -0.1) is 0 Å². The number of ether oxygens (including phenoxy) is 1. The van der Waals surface area contributed by atoms with Crippen LogP contribution in [0.4, 0.5) is 0 Å². The van der Waals surface area contributed by atoms with E-state index in [1.165, 1.54) is 0 Å². The van der Waals surface area contributed by atoms with E-state index < -0.39 is 0 Å². The van der Waals surface area contributed by atoms with Crippen molar-refractivity contribution in [2.24, 2.45) is 5.92 Å². The van der Waals surface area contributed by atoms with Gasteiger partial charge in [0.05, 0.1) is 6.10 Å². The van der Waals surface area contributed by atoms with Crippen LogP contribution >= 0.6 is 0 Å². The highest BCUT2D eigenvalue weighted by Gasteiger charge is 2.31. The molecule has 0 N–H and O–H groups in total. The maximum atomic E-state index is 11.3. The van der Waals surface area contributed by atoms with Crippen molar-refractivity contribution in [2.75, 3.05) is 20.7 Å². The lowest BCUT2D eigenvalue weighted by atomic mass is 9.80. The molecule has 0 atom stereocenters. The van der Waals surface area contributed by atoms with Crippen LogP contribution in [0.5, 0.6) is 0 Å². The summed E-state index contributed by atoms with van der Waals surface area (Å²) in [5, 5.41) is 0. The molecule has 0 aliphatic heterocycles. The van der Waals surface area contributed by atoms with Gasteiger partial charge in [0.15, 0.2) is 0 Å². The molecule has 0 saturated heterocycles. The van der Waals surface area contributed by atoms with Gasteiger partial charge < -0.3 is 9.64 Å². The molecule has 76 valence electrons. The topological polar surface area (TPSA) is 29.5 Å². The largest absolute Gasteiger partial charge is 0.378 e. The van der Waals surface area contributed by atoms with Gasteiger partial charge in [0.1, 0.15) is 0 Å². The smallest absolute Gasteiger partial charge is 0.222 e. The van der Waals surface area contributed by atoms with E-state index in [4.69, 9.17) is 4.74 Å². The minimum atomic E-state index is 0.236. The zero-order valence-corrected chi connectivity index (χ0v) is 8.75. The second kappa shape index (κ2) is 4.61. The molecule has 3 nitrogen and oxygen atoms in total. The molecule has 13 heavy (non-hydrogen) atoms. The van der Waals surface area contributed by atoms with Crippen LogP contribution in [0.1, 0.15) is 26.2 Å². The minimum Gasteiger partial charge on any atom is -0.378 e. The summed E-state index contributed by atoms with van der Waals surface area (Å²) in [7, 11) is 3.61. The summed E-state index contributed by atoms with van der Waals surface area (Å²) in [6.45, 7) is 2.80. The fourth-order valence-corrected chi connectivity index (χ4v) is 1.64. The molecule has 0 aromatic rings. The third kappa shape index (κ3) is 2.99. The monoisotopic (exact) mass is 185 g/mol. The Hall–Kier alpha value is -0.570. The van der Waals surface area contributed by atoms with Crippen molar-refractivity contribution in [3.05, 3.63) is 0 Å². The average Bonchev–Trinajstić information content (AvgIpc) is 2.00. The molecule has 1 aliphatic carbocycles. The number of hydrogen-bond acceptors (Lipinski definition) is 2. The normalized spacial score (nSPS) is 26.7. The number of amides is 1. The van der Waals surface area contributed by atoms with Crippen LogP contribution < -0.4 is 0 Å². The van der Waals surface area contributed by atoms with E-state index >= 15 is 0 Å². The highest BCUT2D eigenvalue weighted by Crippen LogP contribution is 2.32. The van der Waals surface area contributed by atoms with Gasteiger partial charge in [0, 0.05) is 27.1 Å². The van der Waals surface area contributed by atoms with Crippen molar-refractivity contribution in [2.45, 2.75) is 32.3 Å². The van der Waals surface area contributed by atoms with Crippen molar-refractivity contribution < 1.29 is 9.53 Å². The van der Waals surface area contributed by atoms with Crippen molar-refractivity contribution in [1.29, 1.82) is 0 Å². The molecule has 0 bridgehead atoms. The lowest BCUT2D eigenvalue weighted by Gasteiger charge is -2.34. The Labute approximate surface area is 80.1 Å². The SMILES string of the molecule is CCOC1CC(CC(=O)N(C)C)C1. The molecule has 3 heteroatoms. The van der Waals surface area contributed by atoms with Crippen LogP contribution in [0.15, 0.2) is 0 Å². The maximum absolute atomic E-state index is 11.3. The molecule has 0 radical (unpaired) electrons. The van der Waals surface area contributed by atoms with Crippen LogP contribution in [0.2, 0.25) is 0 Å². The van der Waals surface area contributed by atoms with Crippen molar-refractivity contribution in [3.8, 4) is 0 Å². The summed E-state index contributed by atoms with van der Waals surface area (Å²) in [6.07, 6.45) is 3.24. The van der Waals surface area contributed by atoms with Crippen LogP contribution in [0.3, 0.4) is 0 Å². The lowest BCUT2D eigenvalue weighted by Crippen LogP contribution is -2.35. The first-order valence-corrected chi connectivity index (χ1v) is 4.95. The van der Waals surface area contributed by atoms with E-state index in [9.17, 15) is 4.79 Å². The van der Waals surface area contributed by atoms with Crippen molar-refractivity contribution in [3.63, 3.8) is 0 Å². The molecular formula is C10H19NO2. The minimum absolute atomic E-state index is 0.236. The zero-order chi connectivity index (χ0) is 9.84. The predicted octanol–water partition coefficient (Wildman–Crippen LogP) is 1.28. The van der Waals surface area contributed by atoms with Gasteiger partial charge in [0.2, 0.25) is 5.91 Å². The van der Waals surface area contributed by atoms with Gasteiger partial charge in [-0.25, -0.2) is 0 Å². The molecule has 1 rings (SSSR count). The van der Waals surface area contributed by atoms with Crippen LogP contribution in [0.25, 0.3) is 0 Å². The third-order valence-electron chi connectivity index (χ3n) is 2.56. The van der Waals surface area contributed by atoms with E-state index in [0.29, 0.717) is 18.4 Å². The molecule has 0 aromatic carbocycles. The van der Waals surface area contributed by atoms with Gasteiger partial charge in [-0.05, 0) is 25.7 Å². The number of carbonyl (C=O) groups excluding carboxylic acids is 1. The van der Waals surface area contributed by atoms with Gasteiger partial charge in [-0.1, -0.05) is 0 Å². The molecule has 1 aliphatic rings. The van der Waals surface area contributed by atoms with E-state index in [1.54, 1.807) is 19.0 Å². The molecule has 1 saturated carbocycles. The quantitative estimate of drug-likeness (QED) is 0.660. The van der Waals surface area contributed by atoms with Gasteiger partial charge in [-0.3, -0.25) is 4.79 Å². The molecule has 0 unspecified atom stereocenters. The third-order valence-corrected chi connectivity index (χ3v) is 2.56. The van der Waals surface area contributed by atoms with Crippen LogP contribution in [0, 0.1) is 5.92 Å². The van der Waals surface area contributed by atoms with Crippen molar-refractivity contribution in [1.82, 2.24) is 4.90 Å². The van der Waals surface area contributed by atoms with E-state index in [2.05, 4.69) is 0 Å². The summed E-state index contributed by atoms with van der Waals surface area (Å²) in [5.74, 6) is 0.798. The summed E-state index contributed by atoms with van der Waals surface area (Å²) in [5.41, 5.74) is 0. The van der Waals surface area contributed by atoms with E-state index in [1.807, 2.05) is 6.92 Å². The van der Waals surface area contributed by atoms with Gasteiger partial charge >= 0.3 is 0 Å². The Kier molecular flexibility index (Phi) is 3.72. The first kappa shape index (κ1) is 10.5. The summed E-state index contributed by atoms with van der Waals surface area (Å²) >= 11 is 0. The Bertz CT molecular complexity index is 174. The molecular weight excluding hydrogens is 166 g/mol. The van der Waals surface area contributed by atoms with E-state index in [-0.39, 0.29) is 5.91 Å². The summed E-state index contributed by atoms with van der Waals surface area (Å²) in [6, 6.07) is 0. The zero-order valence-electron chi connectivity index (χ0n) is 8.75. The van der Waals surface area contributed by atoms with Crippen LogP contribution in [-0.2, 0) is 9.53 Å². The standard InChI is InChI=1S/C10H19NO2/c1-4-13-9-5-8(6-9)7-10(12)11(2)3/h8-9H,4-7H2,1-3H3. The first-order valence-electron chi connectivity index (χ1n) is 4.95. The molecule has 0 aromatic heterocycles. The second-order valence-corrected chi connectivity index (χ2v) is 3.91. The molecule has 0 heterocycles. The Balaban J connectivity index is 2.11. The first-order chi connectivity index (χ1) is 6.13. The van der Waals surface area contributed by atoms with Crippen LogP contribution in [-0.4, -0.2) is 37.6 Å². The Morgan fingerprint density at radius 2 is 2.08 bits per heavy atom. The molecule has 1 fully saturated rings. The fraction of sp³-hybridized carbons (Fsp3) is 0.900. The number of rotatable bonds is 4. The lowest BCUT2D eigenvalue weighted by molar-refractivity contribution is -0.131.